The van der Waals surface area contributed by atoms with Gasteiger partial charge in [0.25, 0.3) is 0 Å². The molecule has 1 unspecified atom stereocenters. The molecule has 0 aliphatic carbocycles. The number of aliphatic hydroxyl groups is 1. The molecule has 14 heavy (non-hydrogen) atoms. The molecule has 3 nitrogen and oxygen atoms in total. The van der Waals surface area contributed by atoms with E-state index in [4.69, 9.17) is 4.74 Å². The zero-order valence-corrected chi connectivity index (χ0v) is 11.3. The second-order valence-electron chi connectivity index (χ2n) is 2.90. The number of aliphatic hydroxyl groups excluding tert-OH is 1. The molecule has 0 amide bonds. The van der Waals surface area contributed by atoms with E-state index in [9.17, 15) is 9.90 Å². The van der Waals surface area contributed by atoms with Crippen LogP contribution in [0.3, 0.4) is 0 Å². The Morgan fingerprint density at radius 1 is 1.71 bits per heavy atom. The molecule has 0 radical (unpaired) electrons. The highest BCUT2D eigenvalue weighted by molar-refractivity contribution is 14.1. The summed E-state index contributed by atoms with van der Waals surface area (Å²) >= 11 is 5.23. The molecule has 1 aliphatic rings. The number of hydrogen-bond acceptors (Lipinski definition) is 3. The SMILES string of the molecule is CCCC(O)C1=C(Br)/C(=C/I)OC1=O. The van der Waals surface area contributed by atoms with Gasteiger partial charge < -0.3 is 9.84 Å². The first kappa shape index (κ1) is 12.2. The molecule has 5 heteroatoms. The number of cyclic esters (lactones) is 1. The molecule has 78 valence electrons. The molecule has 0 spiro atoms. The smallest absolute Gasteiger partial charge is 0.343 e. The van der Waals surface area contributed by atoms with Crippen molar-refractivity contribution in [3.63, 3.8) is 0 Å². The number of esters is 1. The molecule has 0 saturated heterocycles. The van der Waals surface area contributed by atoms with Gasteiger partial charge in [-0.25, -0.2) is 4.79 Å². The van der Waals surface area contributed by atoms with Crippen LogP contribution in [-0.4, -0.2) is 17.2 Å². The second kappa shape index (κ2) is 5.27. The first-order valence-corrected chi connectivity index (χ1v) is 6.26. The van der Waals surface area contributed by atoms with E-state index in [1.807, 2.05) is 29.5 Å². The minimum atomic E-state index is -0.740. The topological polar surface area (TPSA) is 46.5 Å². The molecule has 1 atom stereocenters. The van der Waals surface area contributed by atoms with Crippen LogP contribution in [0.5, 0.6) is 0 Å². The van der Waals surface area contributed by atoms with Crippen molar-refractivity contribution in [2.45, 2.75) is 25.9 Å². The third-order valence-corrected chi connectivity index (χ3v) is 3.25. The van der Waals surface area contributed by atoms with Crippen molar-refractivity contribution >= 4 is 44.5 Å². The molecule has 0 fully saturated rings. The summed E-state index contributed by atoms with van der Waals surface area (Å²) in [5.41, 5.74) is 0.328. The fourth-order valence-corrected chi connectivity index (χ4v) is 2.68. The lowest BCUT2D eigenvalue weighted by Crippen LogP contribution is -2.15. The van der Waals surface area contributed by atoms with Crippen LogP contribution in [0.1, 0.15) is 19.8 Å². The lowest BCUT2D eigenvalue weighted by Gasteiger charge is -2.07. The Hall–Kier alpha value is 0.120. The number of carbonyl (C=O) groups excluding carboxylic acids is 1. The number of hydrogen-bond donors (Lipinski definition) is 1. The van der Waals surface area contributed by atoms with Crippen molar-refractivity contribution in [1.29, 1.82) is 0 Å². The fraction of sp³-hybridized carbons (Fsp3) is 0.444. The predicted molar refractivity (Wildman–Crippen MR) is 65.1 cm³/mol. The van der Waals surface area contributed by atoms with Crippen molar-refractivity contribution in [2.24, 2.45) is 0 Å². The van der Waals surface area contributed by atoms with Crippen LogP contribution in [0, 0.1) is 0 Å². The largest absolute Gasteiger partial charge is 0.421 e. The summed E-state index contributed by atoms with van der Waals surface area (Å²) < 4.78 is 7.16. The summed E-state index contributed by atoms with van der Waals surface area (Å²) in [6, 6.07) is 0. The van der Waals surface area contributed by atoms with Gasteiger partial charge in [0.15, 0.2) is 5.76 Å². The van der Waals surface area contributed by atoms with Gasteiger partial charge in [-0.2, -0.15) is 0 Å². The third kappa shape index (κ3) is 2.38. The average molecular weight is 373 g/mol. The van der Waals surface area contributed by atoms with E-state index < -0.39 is 12.1 Å². The van der Waals surface area contributed by atoms with Crippen LogP contribution in [0.4, 0.5) is 0 Å². The maximum atomic E-state index is 11.4. The van der Waals surface area contributed by atoms with Crippen molar-refractivity contribution in [2.75, 3.05) is 0 Å². The zero-order valence-electron chi connectivity index (χ0n) is 7.59. The van der Waals surface area contributed by atoms with Crippen LogP contribution < -0.4 is 0 Å². The molecular formula is C9H10BrIO3. The Bertz CT molecular complexity index is 309. The van der Waals surface area contributed by atoms with Gasteiger partial charge in [0.2, 0.25) is 0 Å². The van der Waals surface area contributed by atoms with Crippen LogP contribution in [0.25, 0.3) is 0 Å². The van der Waals surface area contributed by atoms with Gasteiger partial charge >= 0.3 is 5.97 Å². The summed E-state index contributed by atoms with van der Waals surface area (Å²) in [7, 11) is 0. The Labute approximate surface area is 104 Å². The third-order valence-electron chi connectivity index (χ3n) is 1.87. The molecule has 0 aromatic heterocycles. The number of halogens is 2. The molecule has 0 aromatic rings. The van der Waals surface area contributed by atoms with Crippen LogP contribution in [-0.2, 0) is 9.53 Å². The van der Waals surface area contributed by atoms with Gasteiger partial charge in [-0.15, -0.1) is 0 Å². The van der Waals surface area contributed by atoms with E-state index in [1.54, 1.807) is 4.08 Å². The van der Waals surface area contributed by atoms with Crippen LogP contribution in [0.2, 0.25) is 0 Å². The number of carbonyl (C=O) groups is 1. The number of ether oxygens (including phenoxy) is 1. The summed E-state index contributed by atoms with van der Waals surface area (Å²) in [5, 5.41) is 9.68. The van der Waals surface area contributed by atoms with E-state index in [0.29, 0.717) is 22.2 Å². The standard InChI is InChI=1S/C9H10BrIO3/c1-2-3-5(12)7-8(10)6(4-11)14-9(7)13/h4-5,12H,2-3H2,1H3/b6-4-. The molecular weight excluding hydrogens is 363 g/mol. The van der Waals surface area contributed by atoms with E-state index in [-0.39, 0.29) is 0 Å². The van der Waals surface area contributed by atoms with E-state index in [2.05, 4.69) is 15.9 Å². The molecule has 1 aliphatic heterocycles. The molecule has 0 saturated carbocycles. The highest BCUT2D eigenvalue weighted by Crippen LogP contribution is 2.34. The van der Waals surface area contributed by atoms with E-state index in [1.165, 1.54) is 0 Å². The molecule has 1 rings (SSSR count). The highest BCUT2D eigenvalue weighted by Gasteiger charge is 2.32. The quantitative estimate of drug-likeness (QED) is 0.612. The molecule has 0 bridgehead atoms. The molecule has 0 aromatic carbocycles. The first-order chi connectivity index (χ1) is 6.61. The number of allylic oxidation sites excluding steroid dienone is 1. The fourth-order valence-electron chi connectivity index (χ4n) is 1.19. The van der Waals surface area contributed by atoms with Gasteiger partial charge in [-0.3, -0.25) is 0 Å². The van der Waals surface area contributed by atoms with Gasteiger partial charge in [-0.1, -0.05) is 13.3 Å². The van der Waals surface area contributed by atoms with Crippen molar-refractivity contribution in [1.82, 2.24) is 0 Å². The van der Waals surface area contributed by atoms with Gasteiger partial charge in [0.05, 0.1) is 16.2 Å². The van der Waals surface area contributed by atoms with Crippen molar-refractivity contribution in [3.8, 4) is 0 Å². The number of rotatable bonds is 3. The Morgan fingerprint density at radius 2 is 2.36 bits per heavy atom. The van der Waals surface area contributed by atoms with Crippen molar-refractivity contribution < 1.29 is 14.6 Å². The van der Waals surface area contributed by atoms with E-state index in [0.717, 1.165) is 6.42 Å². The predicted octanol–water partition coefficient (Wildman–Crippen LogP) is 2.63. The molecule has 1 N–H and O–H groups in total. The Balaban J connectivity index is 2.95. The maximum absolute atomic E-state index is 11.4. The minimum Gasteiger partial charge on any atom is -0.421 e. The Kier molecular flexibility index (Phi) is 4.59. The summed E-state index contributed by atoms with van der Waals surface area (Å²) in [6.07, 6.45) is 0.644. The monoisotopic (exact) mass is 372 g/mol. The van der Waals surface area contributed by atoms with E-state index >= 15 is 0 Å². The van der Waals surface area contributed by atoms with Crippen LogP contribution >= 0.6 is 38.5 Å². The summed E-state index contributed by atoms with van der Waals surface area (Å²) in [5.74, 6) is 0.0153. The molecule has 1 heterocycles. The second-order valence-corrected chi connectivity index (χ2v) is 4.31. The Morgan fingerprint density at radius 3 is 2.79 bits per heavy atom. The summed E-state index contributed by atoms with van der Waals surface area (Å²) in [6.45, 7) is 1.95. The lowest BCUT2D eigenvalue weighted by atomic mass is 10.1. The maximum Gasteiger partial charge on any atom is 0.343 e. The van der Waals surface area contributed by atoms with Crippen LogP contribution in [0.15, 0.2) is 19.9 Å². The zero-order chi connectivity index (χ0) is 10.7. The summed E-state index contributed by atoms with van der Waals surface area (Å²) in [4.78, 5) is 11.4. The highest BCUT2D eigenvalue weighted by atomic mass is 127. The van der Waals surface area contributed by atoms with Gasteiger partial charge in [0.1, 0.15) is 0 Å². The van der Waals surface area contributed by atoms with Gasteiger partial charge in [-0.05, 0) is 44.9 Å². The normalized spacial score (nSPS) is 21.7. The minimum absolute atomic E-state index is 0.328. The van der Waals surface area contributed by atoms with Gasteiger partial charge in [0, 0.05) is 4.08 Å². The van der Waals surface area contributed by atoms with Crippen molar-refractivity contribution in [3.05, 3.63) is 19.9 Å². The average Bonchev–Trinajstić information content (AvgIpc) is 2.41. The lowest BCUT2D eigenvalue weighted by molar-refractivity contribution is -0.134. The first-order valence-electron chi connectivity index (χ1n) is 4.22.